The van der Waals surface area contributed by atoms with E-state index in [9.17, 15) is 0 Å². The van der Waals surface area contributed by atoms with Crippen LogP contribution in [0.5, 0.6) is 0 Å². The number of azo groups is 1. The fraction of sp³-hybridized carbons (Fsp3) is 0.795. The van der Waals surface area contributed by atoms with E-state index in [0.29, 0.717) is 20.2 Å². The van der Waals surface area contributed by atoms with Gasteiger partial charge in [0, 0.05) is 194 Å². The number of likely N-dealkylation sites (tertiary alicyclic amines) is 3. The Morgan fingerprint density at radius 3 is 1.07 bits per heavy atom. The van der Waals surface area contributed by atoms with E-state index >= 15 is 0 Å². The van der Waals surface area contributed by atoms with Gasteiger partial charge in [-0.15, -0.1) is 23.5 Å². The van der Waals surface area contributed by atoms with E-state index in [1.807, 2.05) is 180 Å². The molecule has 0 spiro atoms. The predicted octanol–water partition coefficient (Wildman–Crippen LogP) is 6.16. The quantitative estimate of drug-likeness (QED) is 0.0813. The Morgan fingerprint density at radius 1 is 0.348 bits per heavy atom. The highest BCUT2D eigenvalue weighted by molar-refractivity contribution is 8.02. The van der Waals surface area contributed by atoms with Gasteiger partial charge in [-0.05, 0) is 213 Å². The molecule has 0 aliphatic carbocycles. The van der Waals surface area contributed by atoms with Crippen molar-refractivity contribution in [1.82, 2.24) is 141 Å². The molecule has 0 saturated carbocycles. The molecule has 0 amide bonds. The lowest BCUT2D eigenvalue weighted by atomic mass is 10.1. The molecule has 21 rings (SSSR count). The summed E-state index contributed by atoms with van der Waals surface area (Å²) in [5.74, 6) is 8.38. The zero-order valence-corrected chi connectivity index (χ0v) is 89.7. The number of nitrogens with one attached hydrogen (secondary N) is 7. The van der Waals surface area contributed by atoms with E-state index in [1.165, 1.54) is 152 Å². The average molecular weight is 1970 g/mol. The highest BCUT2D eigenvalue weighted by atomic mass is 32.2. The number of oxime groups is 1. The van der Waals surface area contributed by atoms with Crippen molar-refractivity contribution in [2.24, 2.45) is 19.8 Å². The lowest BCUT2D eigenvalue weighted by molar-refractivity contribution is 0.0503. The van der Waals surface area contributed by atoms with Crippen LogP contribution in [0.4, 0.5) is 0 Å². The molecule has 0 aromatic heterocycles. The van der Waals surface area contributed by atoms with Crippen LogP contribution in [-0.4, -0.2) is 523 Å². The van der Waals surface area contributed by atoms with Gasteiger partial charge in [0.25, 0.3) is 0 Å². The monoisotopic (exact) mass is 1960 g/mol. The lowest BCUT2D eigenvalue weighted by Gasteiger charge is -2.21. The molecule has 770 valence electrons. The van der Waals surface area contributed by atoms with Crippen molar-refractivity contribution >= 4 is 72.0 Å². The zero-order chi connectivity index (χ0) is 96.8. The number of rotatable bonds is 0. The molecule has 12 saturated heterocycles. The van der Waals surface area contributed by atoms with Crippen molar-refractivity contribution in [3.8, 4) is 0 Å². The van der Waals surface area contributed by atoms with Gasteiger partial charge in [0.05, 0.1) is 90.5 Å². The minimum Gasteiger partial charge on any atom is -0.479 e. The molecule has 0 atom stereocenters. The Kier molecular flexibility index (Phi) is 85.8. The second-order valence-corrected chi connectivity index (χ2v) is 38.7. The summed E-state index contributed by atoms with van der Waals surface area (Å²) in [5, 5.41) is 19.2. The van der Waals surface area contributed by atoms with Crippen molar-refractivity contribution in [2.75, 3.05) is 407 Å². The van der Waals surface area contributed by atoms with Crippen LogP contribution in [-0.2, 0) is 32.8 Å². The van der Waals surface area contributed by atoms with Gasteiger partial charge in [0.1, 0.15) is 51.9 Å². The maximum absolute atomic E-state index is 5.10. The number of hydrogen-bond acceptors (Lipinski definition) is 44. The third-order valence-electron chi connectivity index (χ3n) is 19.6. The summed E-state index contributed by atoms with van der Waals surface area (Å²) in [4.78, 5) is 54.5. The smallest absolute Gasteiger partial charge is 0.190 e. The highest BCUT2D eigenvalue weighted by Gasteiger charge is 2.11. The van der Waals surface area contributed by atoms with Gasteiger partial charge in [0.15, 0.2) is 13.5 Å². The van der Waals surface area contributed by atoms with E-state index in [-0.39, 0.29) is 0 Å². The molecule has 0 aromatic rings. The number of allylic oxidation sites excluding steroid dienone is 2. The van der Waals surface area contributed by atoms with Gasteiger partial charge >= 0.3 is 0 Å². The molecular weight excluding hydrogens is 1780 g/mol. The highest BCUT2D eigenvalue weighted by Crippen LogP contribution is 2.14. The van der Waals surface area contributed by atoms with Gasteiger partial charge in [-0.3, -0.25) is 53.1 Å². The van der Waals surface area contributed by atoms with Gasteiger partial charge in [-0.25, -0.2) is 26.1 Å². The molecule has 7 N–H and O–H groups in total. The van der Waals surface area contributed by atoms with Crippen LogP contribution in [0.15, 0.2) is 118 Å². The second kappa shape index (κ2) is 90.3. The van der Waals surface area contributed by atoms with Gasteiger partial charge in [-0.2, -0.15) is 27.5 Å². The maximum atomic E-state index is 5.10. The van der Waals surface area contributed by atoms with E-state index in [4.69, 9.17) is 28.0 Å². The molecular formula is C88H186N32O7S5. The largest absolute Gasteiger partial charge is 0.479 e. The number of likely N-dealkylation sites (N-methyl/N-ethyl adjacent to an activating group) is 4. The Labute approximate surface area is 823 Å². The van der Waals surface area contributed by atoms with Crippen LogP contribution in [0.1, 0.15) is 57.8 Å². The van der Waals surface area contributed by atoms with Crippen LogP contribution in [0.25, 0.3) is 0 Å². The van der Waals surface area contributed by atoms with Crippen molar-refractivity contribution in [2.45, 2.75) is 57.8 Å². The van der Waals surface area contributed by atoms with E-state index in [2.05, 4.69) is 255 Å². The number of piperidine rings is 2. The lowest BCUT2D eigenvalue weighted by Crippen LogP contribution is -2.32. The standard InChI is InChI=1S/2C6H13N.C6H9N.C5H11NO.C5H7NO.C5H11NS.C5H11N.C5H9N.C4H10N2.C4H8N2.C4H9NO.C4H7NO.C4H9NS.C4H7NS.2C3H9N3.C3H7N3.C3H8N2O.C3H6N2O.C3H6N2S.C3H7NOS/c3*1-7-5-3-2-4-6-7;3*1-6-2-4-7-5-3-6;2*1-6-4-2-3-5-6;2*1-6-3-2-5-4-6;4*1-5-2-3-6-4-5;3*1-6-2-4-5-3-6;3*1-5-2-4-6-3-5;1-4-2-5-6-3-4/h2*2-6H2,1H3;3-6H,2H2,1H3;2-5H2,1H3;2-5H,1H3;2-5H2,1H3;2-5H2,1H3;2-3H,4-5H2,1H3;5H,2-4H2,1H3;2-3,5H,4H2,1H3;2-4H2,1H3;2-3H,4H2,1H3;2-4H2,1H3;2-3H,4H2,1H3;2*4-5H,2-3H2,1H3;2-3H2,1H3;4H,2-3H2,1H3;2*2H,3H2,1H3;2-3H2,1H3. The van der Waals surface area contributed by atoms with Crippen LogP contribution in [0, 0.1) is 0 Å². The fourth-order valence-corrected chi connectivity index (χ4v) is 14.9. The maximum Gasteiger partial charge on any atom is 0.190 e. The predicted molar refractivity (Wildman–Crippen MR) is 562 cm³/mol. The molecule has 0 bridgehead atoms. The first kappa shape index (κ1) is 125. The minimum atomic E-state index is 0.597. The van der Waals surface area contributed by atoms with Crippen molar-refractivity contribution < 1.29 is 32.8 Å². The first-order chi connectivity index (χ1) is 63.8. The molecule has 0 unspecified atom stereocenters. The van der Waals surface area contributed by atoms with Crippen LogP contribution < -0.4 is 37.8 Å². The summed E-state index contributed by atoms with van der Waals surface area (Å²) < 4.78 is 28.4. The Morgan fingerprint density at radius 2 is 0.894 bits per heavy atom. The zero-order valence-electron chi connectivity index (χ0n) is 85.6. The third kappa shape index (κ3) is 88.2. The van der Waals surface area contributed by atoms with Crippen LogP contribution >= 0.6 is 59.3 Å². The number of hydroxylamine groups is 1. The van der Waals surface area contributed by atoms with Gasteiger partial charge in [-0.1, -0.05) is 42.3 Å². The van der Waals surface area contributed by atoms with E-state index in [0.717, 1.165) is 157 Å². The summed E-state index contributed by atoms with van der Waals surface area (Å²) in [7, 11) is 43.3. The Hall–Kier alpha value is -4.55. The molecule has 21 aliphatic rings. The number of nitrogens with zero attached hydrogens (tertiary/aromatic N) is 25. The molecule has 44 heteroatoms. The number of ether oxygens (including phenoxy) is 4. The summed E-state index contributed by atoms with van der Waals surface area (Å²) in [5.41, 5.74) is 14.5. The SMILES string of the molecule is CN1C=CCC=C1.CN1C=CNC1.CN1C=COC1.CN1C=COC=C1.CN1C=CSC1.CN1C=NOC1.CN1C=NSC1.CN1CC=CC1.CN1CCCC1.CN1CCCCC1.CN1CCCCC1.CN1CCNC1.CN1CCOC1.CN1CCOCC1.CN1CCSC1.CN1CCSCC1.CN1CN=NC1.CN1CNNC1.CN1CNNC1.CN1CNOC1.CN1COSC1. The summed E-state index contributed by atoms with van der Waals surface area (Å²) in [6.07, 6.45) is 45.1. The first-order valence-corrected chi connectivity index (χ1v) is 51.6. The van der Waals surface area contributed by atoms with Gasteiger partial charge in [0.2, 0.25) is 0 Å². The summed E-state index contributed by atoms with van der Waals surface area (Å²) in [6, 6.07) is 0. The normalized spacial score (nSPS) is 22.9. The second-order valence-electron chi connectivity index (χ2n) is 34.1. The number of thioether (sulfide) groups is 3. The van der Waals surface area contributed by atoms with Crippen LogP contribution in [0.3, 0.4) is 0 Å². The van der Waals surface area contributed by atoms with Crippen molar-refractivity contribution in [1.29, 1.82) is 0 Å². The van der Waals surface area contributed by atoms with Crippen LogP contribution in [0.2, 0.25) is 0 Å². The summed E-state index contributed by atoms with van der Waals surface area (Å²) in [6.45, 7) is 34.3. The number of morpholine rings is 1. The topological polar surface area (TPSA) is 266 Å². The molecule has 0 radical (unpaired) electrons. The van der Waals surface area contributed by atoms with Gasteiger partial charge < -0.3 is 93.2 Å². The third-order valence-corrected chi connectivity index (χ3v) is 24.1. The van der Waals surface area contributed by atoms with E-state index in [1.54, 1.807) is 37.1 Å². The molecule has 21 heterocycles. The number of hydrazine groups is 2. The Bertz CT molecular complexity index is 2420. The molecule has 21 aliphatic heterocycles. The Balaban J connectivity index is 0.000000693. The fourth-order valence-electron chi connectivity index (χ4n) is 11.0. The summed E-state index contributed by atoms with van der Waals surface area (Å²) >= 11 is 8.98. The minimum absolute atomic E-state index is 0.597. The van der Waals surface area contributed by atoms with Crippen molar-refractivity contribution in [3.63, 3.8) is 0 Å². The van der Waals surface area contributed by atoms with Crippen molar-refractivity contribution in [3.05, 3.63) is 98.1 Å². The molecule has 0 aromatic carbocycles. The van der Waals surface area contributed by atoms with E-state index < -0.39 is 0 Å². The average Bonchev–Trinajstić information content (AvgIpc) is 2.03. The molecule has 132 heavy (non-hydrogen) atoms. The molecule has 39 nitrogen and oxygen atoms in total. The first-order valence-electron chi connectivity index (χ1n) is 46.4. The molecule has 12 fully saturated rings. The number of hydrogen-bond donors (Lipinski definition) is 7.